The van der Waals surface area contributed by atoms with E-state index in [-0.39, 0.29) is 24.3 Å². The molecule has 1 N–H and O–H groups in total. The molecule has 3 aliphatic rings. The van der Waals surface area contributed by atoms with Crippen molar-refractivity contribution in [2.24, 2.45) is 9.98 Å². The molecule has 1 aromatic heterocycles. The highest BCUT2D eigenvalue weighted by Gasteiger charge is 2.35. The summed E-state index contributed by atoms with van der Waals surface area (Å²) in [4.78, 5) is 16.2. The first kappa shape index (κ1) is 23.5. The summed E-state index contributed by atoms with van der Waals surface area (Å²) in [7, 11) is 0. The number of allylic oxidation sites excluding steroid dienone is 4. The lowest BCUT2D eigenvalue weighted by atomic mass is 9.94. The minimum atomic E-state index is -0.358. The zero-order valence-electron chi connectivity index (χ0n) is 19.6. The van der Waals surface area contributed by atoms with Crippen LogP contribution in [0.3, 0.4) is 0 Å². The Kier molecular flexibility index (Phi) is 6.34. The summed E-state index contributed by atoms with van der Waals surface area (Å²) in [6.45, 7) is 6.01. The van der Waals surface area contributed by atoms with Gasteiger partial charge in [0.2, 0.25) is 0 Å². The Bertz CT molecular complexity index is 1370. The van der Waals surface area contributed by atoms with Gasteiger partial charge in [0, 0.05) is 29.5 Å². The molecule has 0 saturated carbocycles. The minimum absolute atomic E-state index is 0.0716. The second kappa shape index (κ2) is 9.44. The van der Waals surface area contributed by atoms with Gasteiger partial charge >= 0.3 is 0 Å². The van der Waals surface area contributed by atoms with E-state index < -0.39 is 0 Å². The molecule has 2 aromatic rings. The van der Waals surface area contributed by atoms with Gasteiger partial charge in [0.05, 0.1) is 50.8 Å². The zero-order valence-corrected chi connectivity index (χ0v) is 21.1. The molecule has 2 aliphatic carbocycles. The second-order valence-corrected chi connectivity index (χ2v) is 9.70. The van der Waals surface area contributed by atoms with Gasteiger partial charge in [-0.2, -0.15) is 0 Å². The Morgan fingerprint density at radius 2 is 1.94 bits per heavy atom. The van der Waals surface area contributed by atoms with Crippen LogP contribution in [0.25, 0.3) is 0 Å². The number of hydrogen-bond donors (Lipinski definition) is 1. The number of hydrogen-bond acceptors (Lipinski definition) is 5. The Hall–Kier alpha value is -3.22. The molecule has 0 saturated heterocycles. The third kappa shape index (κ3) is 4.81. The van der Waals surface area contributed by atoms with Crippen molar-refractivity contribution in [3.8, 4) is 0 Å². The Labute approximate surface area is 214 Å². The van der Waals surface area contributed by atoms with Crippen LogP contribution in [0.1, 0.15) is 26.0 Å². The minimum Gasteiger partial charge on any atom is -0.352 e. The van der Waals surface area contributed by atoms with Gasteiger partial charge in [-0.25, -0.2) is 4.39 Å². The van der Waals surface area contributed by atoms with E-state index >= 15 is 0 Å². The highest BCUT2D eigenvalue weighted by atomic mass is 35.5. The second-order valence-electron chi connectivity index (χ2n) is 8.88. The molecular weight excluding hydrogens is 484 g/mol. The van der Waals surface area contributed by atoms with Crippen LogP contribution in [0.2, 0.25) is 10.0 Å². The number of halogens is 3. The number of pyridine rings is 1. The van der Waals surface area contributed by atoms with Crippen molar-refractivity contribution in [3.05, 3.63) is 99.5 Å². The van der Waals surface area contributed by atoms with Crippen LogP contribution in [-0.4, -0.2) is 28.5 Å². The summed E-state index contributed by atoms with van der Waals surface area (Å²) in [5.74, 6) is -0.199. The van der Waals surface area contributed by atoms with Crippen molar-refractivity contribution in [1.29, 1.82) is 0 Å². The first-order valence-corrected chi connectivity index (χ1v) is 12.1. The van der Waals surface area contributed by atoms with Crippen LogP contribution in [0.4, 0.5) is 15.8 Å². The summed E-state index contributed by atoms with van der Waals surface area (Å²) in [6, 6.07) is 9.12. The van der Waals surface area contributed by atoms with E-state index in [0.717, 1.165) is 45.6 Å². The third-order valence-electron chi connectivity index (χ3n) is 5.80. The first-order chi connectivity index (χ1) is 16.8. The normalized spacial score (nSPS) is 20.4. The summed E-state index contributed by atoms with van der Waals surface area (Å²) in [6.07, 6.45) is 9.24. The number of fused-ring (bicyclic) bond motifs is 2. The van der Waals surface area contributed by atoms with E-state index in [4.69, 9.17) is 33.2 Å². The van der Waals surface area contributed by atoms with Gasteiger partial charge in [0.1, 0.15) is 5.83 Å². The fourth-order valence-electron chi connectivity index (χ4n) is 4.23. The maximum absolute atomic E-state index is 14.2. The molecule has 1 unspecified atom stereocenters. The van der Waals surface area contributed by atoms with Crippen molar-refractivity contribution in [2.75, 3.05) is 10.2 Å². The third-order valence-corrected chi connectivity index (χ3v) is 6.54. The van der Waals surface area contributed by atoms with Crippen molar-refractivity contribution < 1.29 is 4.39 Å². The van der Waals surface area contributed by atoms with Crippen molar-refractivity contribution in [1.82, 2.24) is 4.98 Å². The number of anilines is 2. The van der Waals surface area contributed by atoms with E-state index in [1.54, 1.807) is 18.3 Å². The summed E-state index contributed by atoms with van der Waals surface area (Å²) < 4.78 is 14.2. The molecule has 8 heteroatoms. The van der Waals surface area contributed by atoms with Crippen LogP contribution in [0.15, 0.2) is 93.7 Å². The molecule has 1 atom stereocenters. The number of nitrogens with zero attached hydrogens (tertiary/aromatic N) is 4. The standard InChI is InChI=1S/C27H24Cl2FN5/c1-15(2)32-23-13-27-25(12-22(23)33-18-6-4-16(3)31-14-18)34-24-10-17(30)5-9-26(24)35(27)19-7-8-20(28)21(29)11-19/h4-9,11-15,24,33H,10H2,1-3H3/b32-23+. The molecule has 2 heterocycles. The van der Waals surface area contributed by atoms with Gasteiger partial charge in [-0.1, -0.05) is 23.2 Å². The van der Waals surface area contributed by atoms with E-state index in [9.17, 15) is 4.39 Å². The molecule has 0 spiro atoms. The van der Waals surface area contributed by atoms with E-state index in [0.29, 0.717) is 10.0 Å². The van der Waals surface area contributed by atoms with Gasteiger partial charge in [0.25, 0.3) is 0 Å². The van der Waals surface area contributed by atoms with Crippen LogP contribution in [0, 0.1) is 6.92 Å². The lowest BCUT2D eigenvalue weighted by Crippen LogP contribution is -2.40. The molecule has 0 fully saturated rings. The van der Waals surface area contributed by atoms with E-state index in [1.807, 2.05) is 57.2 Å². The van der Waals surface area contributed by atoms with Crippen molar-refractivity contribution in [3.63, 3.8) is 0 Å². The largest absolute Gasteiger partial charge is 0.352 e. The van der Waals surface area contributed by atoms with Crippen LogP contribution >= 0.6 is 23.2 Å². The van der Waals surface area contributed by atoms with Crippen molar-refractivity contribution >= 4 is 46.0 Å². The molecule has 5 nitrogen and oxygen atoms in total. The highest BCUT2D eigenvalue weighted by Crippen LogP contribution is 2.40. The van der Waals surface area contributed by atoms with Crippen LogP contribution in [-0.2, 0) is 0 Å². The lowest BCUT2D eigenvalue weighted by Gasteiger charge is -2.39. The smallest absolute Gasteiger partial charge is 0.103 e. The molecule has 0 radical (unpaired) electrons. The zero-order chi connectivity index (χ0) is 24.7. The molecule has 35 heavy (non-hydrogen) atoms. The maximum atomic E-state index is 14.2. The SMILES string of the molecule is Cc1ccc(NC2=CC3=NC4CC(F)=CC=C4N(c4ccc(Cl)c(Cl)c4)C3=C/C2=N\C(C)C)cn1. The molecule has 1 aromatic carbocycles. The fourth-order valence-corrected chi connectivity index (χ4v) is 4.52. The quantitative estimate of drug-likeness (QED) is 0.444. The molecule has 5 rings (SSSR count). The van der Waals surface area contributed by atoms with E-state index in [2.05, 4.69) is 15.2 Å². The molecule has 0 bridgehead atoms. The number of aliphatic imine (C=N–C) groups is 2. The Balaban J connectivity index is 1.65. The molecule has 178 valence electrons. The van der Waals surface area contributed by atoms with Gasteiger partial charge in [-0.3, -0.25) is 15.0 Å². The summed E-state index contributed by atoms with van der Waals surface area (Å²) >= 11 is 12.6. The number of nitrogens with one attached hydrogen (secondary N) is 1. The van der Waals surface area contributed by atoms with E-state index in [1.165, 1.54) is 6.08 Å². The first-order valence-electron chi connectivity index (χ1n) is 11.4. The van der Waals surface area contributed by atoms with Gasteiger partial charge in [0.15, 0.2) is 0 Å². The summed E-state index contributed by atoms with van der Waals surface area (Å²) in [5.41, 5.74) is 6.65. The number of benzene rings is 1. The molecule has 1 aliphatic heterocycles. The maximum Gasteiger partial charge on any atom is 0.103 e. The van der Waals surface area contributed by atoms with Gasteiger partial charge < -0.3 is 10.2 Å². The highest BCUT2D eigenvalue weighted by molar-refractivity contribution is 6.42. The fraction of sp³-hybridized carbons (Fsp3) is 0.222. The molecule has 0 amide bonds. The molecular formula is C27H24Cl2FN5. The predicted octanol–water partition coefficient (Wildman–Crippen LogP) is 7.21. The predicted molar refractivity (Wildman–Crippen MR) is 143 cm³/mol. The Morgan fingerprint density at radius 1 is 1.11 bits per heavy atom. The number of aromatic nitrogens is 1. The monoisotopic (exact) mass is 507 g/mol. The van der Waals surface area contributed by atoms with Crippen molar-refractivity contribution in [2.45, 2.75) is 39.3 Å². The average Bonchev–Trinajstić information content (AvgIpc) is 2.81. The topological polar surface area (TPSA) is 52.9 Å². The number of aryl methyl sites for hydroxylation is 1. The average molecular weight is 508 g/mol. The summed E-state index contributed by atoms with van der Waals surface area (Å²) in [5, 5.41) is 4.35. The lowest BCUT2D eigenvalue weighted by molar-refractivity contribution is 0.547. The van der Waals surface area contributed by atoms with Gasteiger partial charge in [-0.15, -0.1) is 0 Å². The van der Waals surface area contributed by atoms with Crippen LogP contribution < -0.4 is 10.2 Å². The van der Waals surface area contributed by atoms with Gasteiger partial charge in [-0.05, 0) is 75.4 Å². The van der Waals surface area contributed by atoms with Crippen LogP contribution in [0.5, 0.6) is 0 Å². The Morgan fingerprint density at radius 3 is 2.66 bits per heavy atom. The number of rotatable bonds is 4.